The largest absolute Gasteiger partial charge is 0.481 e. The number of halogens is 2. The minimum absolute atomic E-state index is 0.0544. The van der Waals surface area contributed by atoms with Gasteiger partial charge in [-0.15, -0.1) is 0 Å². The minimum atomic E-state index is -0.970. The Morgan fingerprint density at radius 2 is 1.81 bits per heavy atom. The molecule has 21 heavy (non-hydrogen) atoms. The van der Waals surface area contributed by atoms with Crippen LogP contribution < -0.4 is 5.32 Å². The smallest absolute Gasteiger partial charge is 0.307 e. The maximum atomic E-state index is 13.1. The van der Waals surface area contributed by atoms with E-state index in [1.54, 1.807) is 0 Å². The number of amides is 1. The summed E-state index contributed by atoms with van der Waals surface area (Å²) in [5.74, 6) is -4.43. The van der Waals surface area contributed by atoms with Gasteiger partial charge in [-0.1, -0.05) is 18.9 Å². The predicted octanol–water partition coefficient (Wildman–Crippen LogP) is 2.47. The summed E-state index contributed by atoms with van der Waals surface area (Å²) in [6, 6.07) is 3.40. The fourth-order valence-corrected chi connectivity index (χ4v) is 2.71. The van der Waals surface area contributed by atoms with Gasteiger partial charge in [0.1, 0.15) is 0 Å². The summed E-state index contributed by atoms with van der Waals surface area (Å²) < 4.78 is 25.9. The first kappa shape index (κ1) is 15.4. The topological polar surface area (TPSA) is 66.4 Å². The van der Waals surface area contributed by atoms with Crippen molar-refractivity contribution in [1.29, 1.82) is 0 Å². The zero-order valence-electron chi connectivity index (χ0n) is 11.4. The molecule has 1 aromatic carbocycles. The summed E-state index contributed by atoms with van der Waals surface area (Å²) in [7, 11) is 0. The van der Waals surface area contributed by atoms with Gasteiger partial charge in [0.05, 0.1) is 11.8 Å². The molecule has 4 nitrogen and oxygen atoms in total. The number of carbonyl (C=O) groups excluding carboxylic acids is 1. The van der Waals surface area contributed by atoms with E-state index in [9.17, 15) is 18.4 Å². The Hall–Kier alpha value is -1.98. The van der Waals surface area contributed by atoms with Gasteiger partial charge >= 0.3 is 5.97 Å². The molecular weight excluding hydrogens is 280 g/mol. The summed E-state index contributed by atoms with van der Waals surface area (Å²) >= 11 is 0. The van der Waals surface area contributed by atoms with E-state index in [1.807, 2.05) is 0 Å². The van der Waals surface area contributed by atoms with E-state index in [1.165, 1.54) is 6.07 Å². The number of carbonyl (C=O) groups is 2. The summed E-state index contributed by atoms with van der Waals surface area (Å²) in [4.78, 5) is 23.3. The number of carboxylic acids is 1. The average Bonchev–Trinajstić information content (AvgIpc) is 2.48. The molecule has 1 fully saturated rings. The van der Waals surface area contributed by atoms with E-state index in [-0.39, 0.29) is 12.5 Å². The quantitative estimate of drug-likeness (QED) is 0.897. The SMILES string of the molecule is O=C(O)C1CCCCC1C(=O)NCc1ccc(F)c(F)c1. The molecule has 0 spiro atoms. The van der Waals surface area contributed by atoms with Gasteiger partial charge in [0.15, 0.2) is 11.6 Å². The summed E-state index contributed by atoms with van der Waals surface area (Å²) in [6.07, 6.45) is 2.68. The van der Waals surface area contributed by atoms with Gasteiger partial charge < -0.3 is 10.4 Å². The normalized spacial score (nSPS) is 21.8. The third kappa shape index (κ3) is 3.77. The Kier molecular flexibility index (Phi) is 4.88. The first-order valence-electron chi connectivity index (χ1n) is 6.93. The van der Waals surface area contributed by atoms with Crippen LogP contribution in [0.2, 0.25) is 0 Å². The Bertz CT molecular complexity index is 548. The van der Waals surface area contributed by atoms with Crippen molar-refractivity contribution in [2.75, 3.05) is 0 Å². The van der Waals surface area contributed by atoms with Gasteiger partial charge in [-0.3, -0.25) is 9.59 Å². The molecule has 0 bridgehead atoms. The molecule has 0 heterocycles. The highest BCUT2D eigenvalue weighted by Crippen LogP contribution is 2.30. The highest BCUT2D eigenvalue weighted by atomic mass is 19.2. The first-order valence-corrected chi connectivity index (χ1v) is 6.93. The van der Waals surface area contributed by atoms with Crippen molar-refractivity contribution >= 4 is 11.9 Å². The van der Waals surface area contributed by atoms with Gasteiger partial charge in [-0.2, -0.15) is 0 Å². The summed E-state index contributed by atoms with van der Waals surface area (Å²) in [5.41, 5.74) is 0.435. The molecular formula is C15H17F2NO3. The van der Waals surface area contributed by atoms with Gasteiger partial charge in [0, 0.05) is 6.54 Å². The van der Waals surface area contributed by atoms with Crippen molar-refractivity contribution < 1.29 is 23.5 Å². The van der Waals surface area contributed by atoms with E-state index < -0.39 is 29.4 Å². The number of rotatable bonds is 4. The number of carboxylic acid groups (broad SMARTS) is 1. The molecule has 6 heteroatoms. The predicted molar refractivity (Wildman–Crippen MR) is 71.3 cm³/mol. The zero-order valence-corrected chi connectivity index (χ0v) is 11.4. The summed E-state index contributed by atoms with van der Waals surface area (Å²) in [5, 5.41) is 11.7. The Morgan fingerprint density at radius 1 is 1.14 bits per heavy atom. The van der Waals surface area contributed by atoms with Crippen molar-refractivity contribution in [2.24, 2.45) is 11.8 Å². The zero-order chi connectivity index (χ0) is 15.4. The lowest BCUT2D eigenvalue weighted by Gasteiger charge is -2.27. The van der Waals surface area contributed by atoms with E-state index in [0.29, 0.717) is 18.4 Å². The number of nitrogens with one attached hydrogen (secondary N) is 1. The van der Waals surface area contributed by atoms with Crippen LogP contribution in [0.1, 0.15) is 31.2 Å². The maximum absolute atomic E-state index is 13.1. The molecule has 1 aliphatic carbocycles. The fraction of sp³-hybridized carbons (Fsp3) is 0.467. The van der Waals surface area contributed by atoms with Crippen molar-refractivity contribution in [1.82, 2.24) is 5.32 Å². The molecule has 114 valence electrons. The molecule has 2 unspecified atom stereocenters. The lowest BCUT2D eigenvalue weighted by atomic mass is 9.78. The van der Waals surface area contributed by atoms with Crippen LogP contribution in [0.5, 0.6) is 0 Å². The maximum Gasteiger partial charge on any atom is 0.307 e. The van der Waals surface area contributed by atoms with Crippen LogP contribution in [0.25, 0.3) is 0 Å². The second-order valence-electron chi connectivity index (χ2n) is 5.30. The van der Waals surface area contributed by atoms with Crippen LogP contribution >= 0.6 is 0 Å². The van der Waals surface area contributed by atoms with E-state index in [0.717, 1.165) is 25.0 Å². The second-order valence-corrected chi connectivity index (χ2v) is 5.30. The molecule has 1 aliphatic rings. The van der Waals surface area contributed by atoms with Crippen LogP contribution in [0.4, 0.5) is 8.78 Å². The summed E-state index contributed by atoms with van der Waals surface area (Å²) in [6.45, 7) is 0.0544. The molecule has 2 rings (SSSR count). The molecule has 0 aromatic heterocycles. The highest BCUT2D eigenvalue weighted by molar-refractivity contribution is 5.84. The van der Waals surface area contributed by atoms with Crippen molar-refractivity contribution in [3.05, 3.63) is 35.4 Å². The minimum Gasteiger partial charge on any atom is -0.481 e. The second kappa shape index (κ2) is 6.65. The van der Waals surface area contributed by atoms with Crippen molar-refractivity contribution in [3.8, 4) is 0 Å². The van der Waals surface area contributed by atoms with Gasteiger partial charge in [0.2, 0.25) is 5.91 Å². The van der Waals surface area contributed by atoms with Crippen LogP contribution in [0.3, 0.4) is 0 Å². The highest BCUT2D eigenvalue weighted by Gasteiger charge is 2.35. The van der Waals surface area contributed by atoms with Crippen molar-refractivity contribution in [3.63, 3.8) is 0 Å². The molecule has 1 saturated carbocycles. The molecule has 1 aromatic rings. The standard InChI is InChI=1S/C15H17F2NO3/c16-12-6-5-9(7-13(12)17)8-18-14(19)10-3-1-2-4-11(10)15(20)21/h5-7,10-11H,1-4,8H2,(H,18,19)(H,20,21). The molecule has 0 saturated heterocycles. The van der Waals surface area contributed by atoms with Crippen molar-refractivity contribution in [2.45, 2.75) is 32.2 Å². The Labute approximate surface area is 121 Å². The van der Waals surface area contributed by atoms with E-state index >= 15 is 0 Å². The third-order valence-corrected chi connectivity index (χ3v) is 3.87. The van der Waals surface area contributed by atoms with Gasteiger partial charge in [-0.05, 0) is 30.5 Å². The number of hydrogen-bond donors (Lipinski definition) is 2. The van der Waals surface area contributed by atoms with Crippen LogP contribution in [0, 0.1) is 23.5 Å². The van der Waals surface area contributed by atoms with Gasteiger partial charge in [-0.25, -0.2) is 8.78 Å². The van der Waals surface area contributed by atoms with Crippen LogP contribution in [0.15, 0.2) is 18.2 Å². The number of benzene rings is 1. The van der Waals surface area contributed by atoms with Gasteiger partial charge in [0.25, 0.3) is 0 Å². The third-order valence-electron chi connectivity index (χ3n) is 3.87. The lowest BCUT2D eigenvalue weighted by molar-refractivity contribution is -0.148. The number of hydrogen-bond acceptors (Lipinski definition) is 2. The van der Waals surface area contributed by atoms with E-state index in [4.69, 9.17) is 5.11 Å². The van der Waals surface area contributed by atoms with Crippen LogP contribution in [-0.2, 0) is 16.1 Å². The van der Waals surface area contributed by atoms with Crippen LogP contribution in [-0.4, -0.2) is 17.0 Å². The average molecular weight is 297 g/mol. The monoisotopic (exact) mass is 297 g/mol. The Morgan fingerprint density at radius 3 is 2.43 bits per heavy atom. The Balaban J connectivity index is 1.96. The van der Waals surface area contributed by atoms with E-state index in [2.05, 4.69) is 5.32 Å². The first-order chi connectivity index (χ1) is 9.99. The lowest BCUT2D eigenvalue weighted by Crippen LogP contribution is -2.39. The molecule has 2 N–H and O–H groups in total. The number of aliphatic carboxylic acids is 1. The fourth-order valence-electron chi connectivity index (χ4n) is 2.71. The molecule has 0 radical (unpaired) electrons. The molecule has 2 atom stereocenters. The molecule has 0 aliphatic heterocycles. The molecule has 1 amide bonds.